The first-order chi connectivity index (χ1) is 11.1. The molecule has 3 rings (SSSR count). The van der Waals surface area contributed by atoms with Crippen LogP contribution in [0.1, 0.15) is 27.2 Å². The summed E-state index contributed by atoms with van der Waals surface area (Å²) in [6.45, 7) is 6.21. The van der Waals surface area contributed by atoms with Crippen molar-refractivity contribution in [1.29, 1.82) is 0 Å². The molecule has 0 amide bonds. The molecule has 0 bridgehead atoms. The van der Waals surface area contributed by atoms with Gasteiger partial charge in [0.05, 0.1) is 12.2 Å². The van der Waals surface area contributed by atoms with Crippen molar-refractivity contribution < 1.29 is 9.47 Å². The second-order valence-corrected chi connectivity index (χ2v) is 8.66. The third-order valence-corrected chi connectivity index (χ3v) is 6.75. The third kappa shape index (κ3) is 4.01. The molecule has 0 unspecified atom stereocenters. The van der Waals surface area contributed by atoms with Gasteiger partial charge in [0.1, 0.15) is 0 Å². The largest absolute Gasteiger partial charge is 0.345 e. The minimum Gasteiger partial charge on any atom is -0.345 e. The first-order valence-corrected chi connectivity index (χ1v) is 9.85. The van der Waals surface area contributed by atoms with Crippen molar-refractivity contribution in [1.82, 2.24) is 0 Å². The first-order valence-electron chi connectivity index (χ1n) is 8.32. The lowest BCUT2D eigenvalue weighted by Gasteiger charge is -2.24. The molecule has 2 aromatic rings. The highest BCUT2D eigenvalue weighted by atomic mass is 31.1. The van der Waals surface area contributed by atoms with Gasteiger partial charge < -0.3 is 9.47 Å². The lowest BCUT2D eigenvalue weighted by Crippen LogP contribution is -2.29. The van der Waals surface area contributed by atoms with Gasteiger partial charge >= 0.3 is 0 Å². The molecule has 122 valence electrons. The molecule has 23 heavy (non-hydrogen) atoms. The fourth-order valence-corrected chi connectivity index (χ4v) is 5.62. The summed E-state index contributed by atoms with van der Waals surface area (Å²) in [5, 5.41) is 2.80. The predicted molar refractivity (Wildman–Crippen MR) is 98.1 cm³/mol. The fraction of sp³-hybridized carbons (Fsp3) is 0.400. The van der Waals surface area contributed by atoms with Crippen LogP contribution < -0.4 is 10.6 Å². The van der Waals surface area contributed by atoms with Crippen molar-refractivity contribution in [3.8, 4) is 0 Å². The van der Waals surface area contributed by atoms with Crippen LogP contribution in [0.5, 0.6) is 0 Å². The van der Waals surface area contributed by atoms with Gasteiger partial charge in [-0.3, -0.25) is 0 Å². The highest BCUT2D eigenvalue weighted by Crippen LogP contribution is 2.40. The topological polar surface area (TPSA) is 18.5 Å². The van der Waals surface area contributed by atoms with Gasteiger partial charge in [-0.25, -0.2) is 0 Å². The summed E-state index contributed by atoms with van der Waals surface area (Å²) in [7, 11) is -0.441. The fourth-order valence-electron chi connectivity index (χ4n) is 3.17. The number of benzene rings is 2. The van der Waals surface area contributed by atoms with E-state index in [9.17, 15) is 0 Å². The van der Waals surface area contributed by atoms with Gasteiger partial charge in [0.2, 0.25) is 0 Å². The molecule has 1 heterocycles. The zero-order valence-corrected chi connectivity index (χ0v) is 15.0. The SMILES string of the molecule is CC[C@@H]1OC(C)(C)O[C@H]1CP(c1ccccc1)c1ccccc1. The maximum absolute atomic E-state index is 6.22. The number of hydrogen-bond acceptors (Lipinski definition) is 2. The molecule has 0 saturated carbocycles. The van der Waals surface area contributed by atoms with E-state index in [1.54, 1.807) is 0 Å². The smallest absolute Gasteiger partial charge is 0.163 e. The van der Waals surface area contributed by atoms with Crippen molar-refractivity contribution in [2.24, 2.45) is 0 Å². The normalized spacial score (nSPS) is 23.3. The van der Waals surface area contributed by atoms with E-state index in [1.165, 1.54) is 10.6 Å². The van der Waals surface area contributed by atoms with Crippen LogP contribution in [0.25, 0.3) is 0 Å². The van der Waals surface area contributed by atoms with Gasteiger partial charge in [0.25, 0.3) is 0 Å². The lowest BCUT2D eigenvalue weighted by molar-refractivity contribution is -0.144. The lowest BCUT2D eigenvalue weighted by atomic mass is 10.2. The van der Waals surface area contributed by atoms with Gasteiger partial charge in [0.15, 0.2) is 5.79 Å². The molecule has 1 aliphatic heterocycles. The Labute approximate surface area is 140 Å². The molecule has 2 nitrogen and oxygen atoms in total. The molecule has 0 spiro atoms. The second kappa shape index (κ2) is 7.13. The van der Waals surface area contributed by atoms with Crippen LogP contribution in [0.15, 0.2) is 60.7 Å². The van der Waals surface area contributed by atoms with E-state index in [0.29, 0.717) is 0 Å². The van der Waals surface area contributed by atoms with Crippen LogP contribution in [-0.2, 0) is 9.47 Å². The van der Waals surface area contributed by atoms with Gasteiger partial charge in [-0.1, -0.05) is 67.6 Å². The maximum atomic E-state index is 6.22. The Balaban J connectivity index is 1.88. The molecule has 3 heteroatoms. The molecule has 0 aliphatic carbocycles. The molecule has 1 fully saturated rings. The van der Waals surface area contributed by atoms with E-state index in [4.69, 9.17) is 9.47 Å². The third-order valence-electron chi connectivity index (χ3n) is 4.19. The van der Waals surface area contributed by atoms with Crippen LogP contribution in [0.2, 0.25) is 0 Å². The van der Waals surface area contributed by atoms with Crippen molar-refractivity contribution in [2.45, 2.75) is 45.2 Å². The Bertz CT molecular complexity index is 573. The van der Waals surface area contributed by atoms with Gasteiger partial charge in [-0.15, -0.1) is 0 Å². The van der Waals surface area contributed by atoms with E-state index >= 15 is 0 Å². The summed E-state index contributed by atoms with van der Waals surface area (Å²) >= 11 is 0. The summed E-state index contributed by atoms with van der Waals surface area (Å²) in [6.07, 6.45) is 2.33. The van der Waals surface area contributed by atoms with Crippen molar-refractivity contribution in [3.63, 3.8) is 0 Å². The van der Waals surface area contributed by atoms with Crippen LogP contribution in [0.3, 0.4) is 0 Å². The molecule has 1 aliphatic rings. The standard InChI is InChI=1S/C20H25O2P/c1-4-18-19(22-20(2,3)21-18)15-23(16-11-7-5-8-12-16)17-13-9-6-10-14-17/h5-14,18-19H,4,15H2,1-3H3/t18-,19-/m0/s1. The quantitative estimate of drug-likeness (QED) is 0.771. The second-order valence-electron chi connectivity index (χ2n) is 6.40. The Morgan fingerprint density at radius 3 is 1.78 bits per heavy atom. The molecule has 2 aromatic carbocycles. The minimum atomic E-state index is -0.472. The molecule has 0 radical (unpaired) electrons. The van der Waals surface area contributed by atoms with E-state index in [1.807, 2.05) is 13.8 Å². The van der Waals surface area contributed by atoms with E-state index in [-0.39, 0.29) is 12.2 Å². The highest BCUT2D eigenvalue weighted by molar-refractivity contribution is 7.73. The number of ether oxygens (including phenoxy) is 2. The predicted octanol–water partition coefficient (Wildman–Crippen LogP) is 4.05. The summed E-state index contributed by atoms with van der Waals surface area (Å²) < 4.78 is 12.3. The van der Waals surface area contributed by atoms with Crippen LogP contribution >= 0.6 is 7.92 Å². The molecule has 1 saturated heterocycles. The van der Waals surface area contributed by atoms with E-state index < -0.39 is 13.7 Å². The van der Waals surface area contributed by atoms with Crippen LogP contribution in [0, 0.1) is 0 Å². The summed E-state index contributed by atoms with van der Waals surface area (Å²) in [5.74, 6) is -0.472. The zero-order chi connectivity index (χ0) is 16.3. The highest BCUT2D eigenvalue weighted by Gasteiger charge is 2.41. The molecule has 0 aromatic heterocycles. The molecule has 2 atom stereocenters. The molecular weight excluding hydrogens is 303 g/mol. The molecule has 0 N–H and O–H groups in total. The Morgan fingerprint density at radius 1 is 0.826 bits per heavy atom. The number of rotatable bonds is 5. The van der Waals surface area contributed by atoms with Crippen LogP contribution in [0.4, 0.5) is 0 Å². The average molecular weight is 328 g/mol. The first kappa shape index (κ1) is 16.6. The van der Waals surface area contributed by atoms with E-state index in [0.717, 1.165) is 12.6 Å². The van der Waals surface area contributed by atoms with Crippen LogP contribution in [-0.4, -0.2) is 24.2 Å². The molecular formula is C20H25O2P. The van der Waals surface area contributed by atoms with Crippen molar-refractivity contribution in [2.75, 3.05) is 6.16 Å². The van der Waals surface area contributed by atoms with Gasteiger partial charge in [-0.05, 0) is 38.8 Å². The van der Waals surface area contributed by atoms with Crippen molar-refractivity contribution in [3.05, 3.63) is 60.7 Å². The van der Waals surface area contributed by atoms with Gasteiger partial charge in [0, 0.05) is 6.16 Å². The average Bonchev–Trinajstić information content (AvgIpc) is 2.88. The van der Waals surface area contributed by atoms with Gasteiger partial charge in [-0.2, -0.15) is 0 Å². The Hall–Kier alpha value is -1.21. The van der Waals surface area contributed by atoms with Crippen molar-refractivity contribution >= 4 is 18.5 Å². The summed E-state index contributed by atoms with van der Waals surface area (Å²) in [5.41, 5.74) is 0. The zero-order valence-electron chi connectivity index (χ0n) is 14.1. The summed E-state index contributed by atoms with van der Waals surface area (Å²) in [4.78, 5) is 0. The Kier molecular flexibility index (Phi) is 5.16. The van der Waals surface area contributed by atoms with E-state index in [2.05, 4.69) is 67.6 Å². The monoisotopic (exact) mass is 328 g/mol. The maximum Gasteiger partial charge on any atom is 0.163 e. The summed E-state index contributed by atoms with van der Waals surface area (Å²) in [6, 6.07) is 21.6. The Morgan fingerprint density at radius 2 is 1.30 bits per heavy atom. The minimum absolute atomic E-state index is 0.154. The number of hydrogen-bond donors (Lipinski definition) is 0.